The highest BCUT2D eigenvalue weighted by Gasteiger charge is 2.22. The Morgan fingerprint density at radius 3 is 2.71 bits per heavy atom. The van der Waals surface area contributed by atoms with Gasteiger partial charge in [0.05, 0.1) is 18.9 Å². The zero-order valence-corrected chi connectivity index (χ0v) is 12.3. The maximum Gasteiger partial charge on any atom is 0.160 e. The summed E-state index contributed by atoms with van der Waals surface area (Å²) in [6.07, 6.45) is 0.773. The lowest BCUT2D eigenvalue weighted by molar-refractivity contribution is 0.372. The van der Waals surface area contributed by atoms with Gasteiger partial charge in [0.15, 0.2) is 11.5 Å². The predicted octanol–water partition coefficient (Wildman–Crippen LogP) is 3.49. The van der Waals surface area contributed by atoms with Gasteiger partial charge in [-0.3, -0.25) is 0 Å². The Morgan fingerprint density at radius 2 is 2.00 bits per heavy atom. The maximum absolute atomic E-state index is 9.65. The highest BCUT2D eigenvalue weighted by molar-refractivity contribution is 6.30. The monoisotopic (exact) mass is 302 g/mol. The molecular weight excluding hydrogens is 288 g/mol. The first-order valence-corrected chi connectivity index (χ1v) is 7.00. The van der Waals surface area contributed by atoms with Crippen LogP contribution in [0.15, 0.2) is 47.6 Å². The number of ether oxygens (including phenoxy) is 1. The van der Waals surface area contributed by atoms with E-state index in [1.54, 1.807) is 6.07 Å². The summed E-state index contributed by atoms with van der Waals surface area (Å²) in [4.78, 5) is 0. The molecule has 5 heteroatoms. The van der Waals surface area contributed by atoms with E-state index in [-0.39, 0.29) is 11.8 Å². The number of phenols is 1. The molecule has 0 bridgehead atoms. The van der Waals surface area contributed by atoms with Gasteiger partial charge >= 0.3 is 0 Å². The van der Waals surface area contributed by atoms with E-state index in [4.69, 9.17) is 16.3 Å². The highest BCUT2D eigenvalue weighted by atomic mass is 35.5. The van der Waals surface area contributed by atoms with Crippen molar-refractivity contribution in [3.63, 3.8) is 0 Å². The number of halogens is 1. The van der Waals surface area contributed by atoms with Crippen LogP contribution in [0.5, 0.6) is 11.5 Å². The molecule has 1 aliphatic rings. The van der Waals surface area contributed by atoms with Crippen LogP contribution in [0.25, 0.3) is 0 Å². The Hall–Kier alpha value is -2.20. The van der Waals surface area contributed by atoms with Crippen molar-refractivity contribution in [3.8, 4) is 11.5 Å². The molecule has 1 atom stereocenters. The van der Waals surface area contributed by atoms with E-state index in [2.05, 4.69) is 10.5 Å². The second kappa shape index (κ2) is 5.66. The van der Waals surface area contributed by atoms with E-state index in [0.717, 1.165) is 23.3 Å². The van der Waals surface area contributed by atoms with Gasteiger partial charge in [-0.25, -0.2) is 0 Å². The summed E-state index contributed by atoms with van der Waals surface area (Å²) in [5.74, 6) is 0.604. The van der Waals surface area contributed by atoms with Crippen LogP contribution in [-0.4, -0.2) is 17.9 Å². The van der Waals surface area contributed by atoms with Crippen molar-refractivity contribution in [1.82, 2.24) is 5.43 Å². The molecule has 21 heavy (non-hydrogen) atoms. The van der Waals surface area contributed by atoms with Gasteiger partial charge in [0.2, 0.25) is 0 Å². The number of rotatable bonds is 3. The molecule has 4 nitrogen and oxygen atoms in total. The number of phenolic OH excluding ortho intramolecular Hbond substituents is 1. The summed E-state index contributed by atoms with van der Waals surface area (Å²) < 4.78 is 5.14. The molecule has 108 valence electrons. The van der Waals surface area contributed by atoms with Gasteiger partial charge in [0.1, 0.15) is 0 Å². The lowest BCUT2D eigenvalue weighted by Gasteiger charge is -2.12. The molecule has 1 aliphatic heterocycles. The van der Waals surface area contributed by atoms with E-state index in [1.807, 2.05) is 36.4 Å². The Kier molecular flexibility index (Phi) is 3.71. The van der Waals surface area contributed by atoms with Crippen molar-refractivity contribution in [3.05, 3.63) is 58.6 Å². The molecule has 0 aromatic heterocycles. The second-order valence-corrected chi connectivity index (χ2v) is 5.32. The minimum absolute atomic E-state index is 0.0742. The average molecular weight is 303 g/mol. The second-order valence-electron chi connectivity index (χ2n) is 4.88. The molecule has 0 fully saturated rings. The van der Waals surface area contributed by atoms with Crippen LogP contribution in [0.1, 0.15) is 23.6 Å². The SMILES string of the molecule is COc1cc(C2CC(c3ccc(Cl)cc3)=NN2)ccc1O. The number of benzene rings is 2. The van der Waals surface area contributed by atoms with E-state index in [0.29, 0.717) is 10.8 Å². The van der Waals surface area contributed by atoms with E-state index in [9.17, 15) is 5.11 Å². The number of hydrazone groups is 1. The van der Waals surface area contributed by atoms with Crippen LogP contribution < -0.4 is 10.2 Å². The Bertz CT molecular complexity index is 683. The number of hydrogen-bond donors (Lipinski definition) is 2. The minimum Gasteiger partial charge on any atom is -0.504 e. The molecule has 2 aromatic rings. The summed E-state index contributed by atoms with van der Waals surface area (Å²) in [6, 6.07) is 13.0. The number of hydrogen-bond acceptors (Lipinski definition) is 4. The topological polar surface area (TPSA) is 53.8 Å². The third kappa shape index (κ3) is 2.81. The third-order valence-corrected chi connectivity index (χ3v) is 3.79. The van der Waals surface area contributed by atoms with Crippen molar-refractivity contribution in [2.24, 2.45) is 5.10 Å². The third-order valence-electron chi connectivity index (χ3n) is 3.54. The quantitative estimate of drug-likeness (QED) is 0.912. The molecule has 0 saturated carbocycles. The van der Waals surface area contributed by atoms with Crippen LogP contribution in [0.3, 0.4) is 0 Å². The van der Waals surface area contributed by atoms with E-state index < -0.39 is 0 Å². The summed E-state index contributed by atoms with van der Waals surface area (Å²) in [5, 5.41) is 14.8. The van der Waals surface area contributed by atoms with Crippen molar-refractivity contribution in [2.75, 3.05) is 7.11 Å². The van der Waals surface area contributed by atoms with Gasteiger partial charge in [0, 0.05) is 11.4 Å². The number of aromatic hydroxyl groups is 1. The average Bonchev–Trinajstić information content (AvgIpc) is 2.98. The minimum atomic E-state index is 0.0742. The molecule has 0 spiro atoms. The zero-order valence-electron chi connectivity index (χ0n) is 11.5. The first-order chi connectivity index (χ1) is 10.2. The lowest BCUT2D eigenvalue weighted by Crippen LogP contribution is -2.10. The van der Waals surface area contributed by atoms with Gasteiger partial charge in [0.25, 0.3) is 0 Å². The van der Waals surface area contributed by atoms with Crippen molar-refractivity contribution in [1.29, 1.82) is 0 Å². The van der Waals surface area contributed by atoms with Gasteiger partial charge in [-0.2, -0.15) is 5.10 Å². The molecule has 1 heterocycles. The Balaban J connectivity index is 1.78. The lowest BCUT2D eigenvalue weighted by atomic mass is 9.99. The van der Waals surface area contributed by atoms with Crippen LogP contribution in [-0.2, 0) is 0 Å². The largest absolute Gasteiger partial charge is 0.504 e. The van der Waals surface area contributed by atoms with Crippen molar-refractivity contribution in [2.45, 2.75) is 12.5 Å². The summed E-state index contributed by atoms with van der Waals surface area (Å²) in [7, 11) is 1.54. The molecule has 0 radical (unpaired) electrons. The molecule has 0 aliphatic carbocycles. The van der Waals surface area contributed by atoms with Crippen LogP contribution in [0, 0.1) is 0 Å². The van der Waals surface area contributed by atoms with Gasteiger partial charge < -0.3 is 15.3 Å². The summed E-state index contributed by atoms with van der Waals surface area (Å²) >= 11 is 5.90. The molecule has 2 aromatic carbocycles. The molecule has 2 N–H and O–H groups in total. The van der Waals surface area contributed by atoms with Gasteiger partial charge in [-0.15, -0.1) is 0 Å². The fourth-order valence-corrected chi connectivity index (χ4v) is 2.49. The Labute approximate surface area is 128 Å². The maximum atomic E-state index is 9.65. The molecular formula is C16H15ClN2O2. The van der Waals surface area contributed by atoms with Crippen molar-refractivity contribution < 1.29 is 9.84 Å². The molecule has 3 rings (SSSR count). The van der Waals surface area contributed by atoms with E-state index in [1.165, 1.54) is 7.11 Å². The summed E-state index contributed by atoms with van der Waals surface area (Å²) in [6.45, 7) is 0. The standard InChI is InChI=1S/C16H15ClN2O2/c1-21-16-8-11(4-7-15(16)20)14-9-13(18-19-14)10-2-5-12(17)6-3-10/h2-8,14,19-20H,9H2,1H3. The zero-order chi connectivity index (χ0) is 14.8. The fourth-order valence-electron chi connectivity index (χ4n) is 2.37. The van der Waals surface area contributed by atoms with Crippen molar-refractivity contribution >= 4 is 17.3 Å². The van der Waals surface area contributed by atoms with E-state index >= 15 is 0 Å². The van der Waals surface area contributed by atoms with Gasteiger partial charge in [-0.05, 0) is 35.4 Å². The summed E-state index contributed by atoms with van der Waals surface area (Å²) in [5.41, 5.74) is 6.20. The van der Waals surface area contributed by atoms with Gasteiger partial charge in [-0.1, -0.05) is 29.8 Å². The first kappa shape index (κ1) is 13.8. The fraction of sp³-hybridized carbons (Fsp3) is 0.188. The normalized spacial score (nSPS) is 17.2. The molecule has 0 saturated heterocycles. The predicted molar refractivity (Wildman–Crippen MR) is 83.1 cm³/mol. The number of methoxy groups -OCH3 is 1. The highest BCUT2D eigenvalue weighted by Crippen LogP contribution is 2.32. The molecule has 1 unspecified atom stereocenters. The van der Waals surface area contributed by atoms with Crippen LogP contribution >= 0.6 is 11.6 Å². The smallest absolute Gasteiger partial charge is 0.160 e. The van der Waals surface area contributed by atoms with Crippen LogP contribution in [0.2, 0.25) is 5.02 Å². The Morgan fingerprint density at radius 1 is 1.24 bits per heavy atom. The first-order valence-electron chi connectivity index (χ1n) is 6.62. The molecule has 0 amide bonds. The number of nitrogens with one attached hydrogen (secondary N) is 1. The number of nitrogens with zero attached hydrogens (tertiary/aromatic N) is 1. The van der Waals surface area contributed by atoms with Crippen LogP contribution in [0.4, 0.5) is 0 Å².